The zero-order valence-corrected chi connectivity index (χ0v) is 11.7. The smallest absolute Gasteiger partial charge is 0.227 e. The average molecular weight is 343 g/mol. The van der Waals surface area contributed by atoms with Gasteiger partial charge in [0.1, 0.15) is 0 Å². The molecule has 1 aromatic heterocycles. The number of hydrogen-bond acceptors (Lipinski definition) is 3. The topological polar surface area (TPSA) is 37.8 Å². The monoisotopic (exact) mass is 341 g/mol. The molecule has 0 bridgehead atoms. The molecule has 82 valence electrons. The van der Waals surface area contributed by atoms with Crippen molar-refractivity contribution in [3.63, 3.8) is 0 Å². The molecule has 0 unspecified atom stereocenters. The van der Waals surface area contributed by atoms with Crippen molar-refractivity contribution in [3.8, 4) is 0 Å². The maximum Gasteiger partial charge on any atom is 0.227 e. The van der Waals surface area contributed by atoms with Crippen LogP contribution in [0.2, 0.25) is 0 Å². The van der Waals surface area contributed by atoms with E-state index in [0.29, 0.717) is 5.95 Å². The number of rotatable bonds is 2. The van der Waals surface area contributed by atoms with Crippen LogP contribution in [0.25, 0.3) is 0 Å². The Morgan fingerprint density at radius 3 is 2.50 bits per heavy atom. The largest absolute Gasteiger partial charge is 0.324 e. The minimum atomic E-state index is 0.587. The van der Waals surface area contributed by atoms with E-state index in [1.807, 2.05) is 25.1 Å². The van der Waals surface area contributed by atoms with Crippen molar-refractivity contribution < 1.29 is 0 Å². The lowest BCUT2D eigenvalue weighted by Crippen LogP contribution is -1.98. The molecule has 0 aliphatic rings. The summed E-state index contributed by atoms with van der Waals surface area (Å²) in [5.41, 5.74) is 2.13. The van der Waals surface area contributed by atoms with Gasteiger partial charge in [0.25, 0.3) is 0 Å². The van der Waals surface area contributed by atoms with Gasteiger partial charge in [-0.2, -0.15) is 0 Å². The molecule has 0 spiro atoms. The summed E-state index contributed by atoms with van der Waals surface area (Å²) >= 11 is 6.78. The van der Waals surface area contributed by atoms with Gasteiger partial charge in [-0.3, -0.25) is 0 Å². The molecule has 0 saturated heterocycles. The van der Waals surface area contributed by atoms with E-state index in [2.05, 4.69) is 47.1 Å². The maximum atomic E-state index is 4.16. The van der Waals surface area contributed by atoms with Crippen LogP contribution in [0.3, 0.4) is 0 Å². The van der Waals surface area contributed by atoms with Crippen molar-refractivity contribution >= 4 is 43.5 Å². The highest BCUT2D eigenvalue weighted by molar-refractivity contribution is 9.10. The summed E-state index contributed by atoms with van der Waals surface area (Å²) in [6.45, 7) is 2.03. The number of hydrogen-bond donors (Lipinski definition) is 1. The predicted octanol–water partition coefficient (Wildman–Crippen LogP) is 4.05. The highest BCUT2D eigenvalue weighted by Gasteiger charge is 2.03. The van der Waals surface area contributed by atoms with Gasteiger partial charge in [0, 0.05) is 22.6 Å². The molecule has 1 aromatic carbocycles. The van der Waals surface area contributed by atoms with E-state index < -0.39 is 0 Å². The predicted molar refractivity (Wildman–Crippen MR) is 71.9 cm³/mol. The lowest BCUT2D eigenvalue weighted by Gasteiger charge is -2.08. The summed E-state index contributed by atoms with van der Waals surface area (Å²) < 4.78 is 1.93. The molecule has 1 heterocycles. The summed E-state index contributed by atoms with van der Waals surface area (Å²) in [6, 6.07) is 5.97. The van der Waals surface area contributed by atoms with Gasteiger partial charge in [0.2, 0.25) is 5.95 Å². The number of nitrogens with zero attached hydrogens (tertiary/aromatic N) is 2. The molecule has 2 rings (SSSR count). The Labute approximate surface area is 111 Å². The van der Waals surface area contributed by atoms with E-state index in [1.54, 1.807) is 12.4 Å². The molecule has 0 radical (unpaired) electrons. The second kappa shape index (κ2) is 4.93. The molecule has 0 fully saturated rings. The van der Waals surface area contributed by atoms with Crippen LogP contribution < -0.4 is 5.32 Å². The minimum Gasteiger partial charge on any atom is -0.324 e. The molecule has 0 atom stereocenters. The van der Waals surface area contributed by atoms with Gasteiger partial charge in [-0.15, -0.1) is 0 Å². The zero-order valence-electron chi connectivity index (χ0n) is 8.54. The van der Waals surface area contributed by atoms with Gasteiger partial charge in [0.15, 0.2) is 0 Å². The molecule has 1 N–H and O–H groups in total. The third-order valence-electron chi connectivity index (χ3n) is 2.13. The Morgan fingerprint density at radius 2 is 1.81 bits per heavy atom. The summed E-state index contributed by atoms with van der Waals surface area (Å²) in [7, 11) is 0. The van der Waals surface area contributed by atoms with Crippen molar-refractivity contribution in [2.24, 2.45) is 0 Å². The van der Waals surface area contributed by atoms with E-state index in [0.717, 1.165) is 20.2 Å². The lowest BCUT2D eigenvalue weighted by atomic mass is 10.2. The van der Waals surface area contributed by atoms with Crippen LogP contribution >= 0.6 is 31.9 Å². The Bertz CT molecular complexity index is 497. The first-order valence-corrected chi connectivity index (χ1v) is 6.25. The fraction of sp³-hybridized carbons (Fsp3) is 0.0909. The second-order valence-electron chi connectivity index (χ2n) is 3.26. The van der Waals surface area contributed by atoms with Crippen LogP contribution in [0.4, 0.5) is 11.6 Å². The Hall–Kier alpha value is -0.940. The normalized spacial score (nSPS) is 10.2. The highest BCUT2D eigenvalue weighted by Crippen LogP contribution is 2.25. The Kier molecular flexibility index (Phi) is 3.56. The van der Waals surface area contributed by atoms with Gasteiger partial charge < -0.3 is 5.32 Å². The number of nitrogens with one attached hydrogen (secondary N) is 1. The first-order valence-electron chi connectivity index (χ1n) is 4.66. The molecular formula is C11H9Br2N3. The van der Waals surface area contributed by atoms with Gasteiger partial charge in [-0.25, -0.2) is 9.97 Å². The molecule has 3 nitrogen and oxygen atoms in total. The SMILES string of the molecule is Cc1c(Br)cccc1Nc1ncc(Br)cn1. The number of aromatic nitrogens is 2. The minimum absolute atomic E-state index is 0.587. The third kappa shape index (κ3) is 2.59. The van der Waals surface area contributed by atoms with Crippen molar-refractivity contribution in [2.45, 2.75) is 6.92 Å². The fourth-order valence-corrected chi connectivity index (χ4v) is 1.81. The molecule has 0 aliphatic heterocycles. The molecule has 2 aromatic rings. The van der Waals surface area contributed by atoms with Crippen LogP contribution in [0.1, 0.15) is 5.56 Å². The van der Waals surface area contributed by atoms with E-state index in [4.69, 9.17) is 0 Å². The molecule has 5 heteroatoms. The standard InChI is InChI=1S/C11H9Br2N3/c1-7-9(13)3-2-4-10(7)16-11-14-5-8(12)6-15-11/h2-6H,1H3,(H,14,15,16). The van der Waals surface area contributed by atoms with E-state index in [9.17, 15) is 0 Å². The maximum absolute atomic E-state index is 4.16. The molecule has 0 amide bonds. The number of halogens is 2. The van der Waals surface area contributed by atoms with Crippen LogP contribution in [0, 0.1) is 6.92 Å². The molecule has 16 heavy (non-hydrogen) atoms. The zero-order chi connectivity index (χ0) is 11.5. The third-order valence-corrected chi connectivity index (χ3v) is 3.40. The van der Waals surface area contributed by atoms with Crippen molar-refractivity contribution in [2.75, 3.05) is 5.32 Å². The first-order chi connectivity index (χ1) is 7.66. The van der Waals surface area contributed by atoms with Gasteiger partial charge >= 0.3 is 0 Å². The summed E-state index contributed by atoms with van der Waals surface area (Å²) in [5.74, 6) is 0.587. The molecular weight excluding hydrogens is 334 g/mol. The Balaban J connectivity index is 2.27. The highest BCUT2D eigenvalue weighted by atomic mass is 79.9. The van der Waals surface area contributed by atoms with Gasteiger partial charge in [0.05, 0.1) is 4.47 Å². The first kappa shape index (κ1) is 11.5. The quantitative estimate of drug-likeness (QED) is 0.894. The van der Waals surface area contributed by atoms with Crippen LogP contribution in [0.15, 0.2) is 39.5 Å². The van der Waals surface area contributed by atoms with E-state index in [1.165, 1.54) is 0 Å². The summed E-state index contributed by atoms with van der Waals surface area (Å²) in [5, 5.41) is 3.17. The van der Waals surface area contributed by atoms with Crippen molar-refractivity contribution in [3.05, 3.63) is 45.1 Å². The van der Waals surface area contributed by atoms with Gasteiger partial charge in [-0.05, 0) is 40.5 Å². The second-order valence-corrected chi connectivity index (χ2v) is 5.03. The number of anilines is 2. The van der Waals surface area contributed by atoms with Gasteiger partial charge in [-0.1, -0.05) is 22.0 Å². The number of benzene rings is 1. The summed E-state index contributed by atoms with van der Waals surface area (Å²) in [6.07, 6.45) is 3.42. The summed E-state index contributed by atoms with van der Waals surface area (Å²) in [4.78, 5) is 8.32. The Morgan fingerprint density at radius 1 is 1.12 bits per heavy atom. The lowest BCUT2D eigenvalue weighted by molar-refractivity contribution is 1.15. The fourth-order valence-electron chi connectivity index (χ4n) is 1.24. The van der Waals surface area contributed by atoms with E-state index >= 15 is 0 Å². The molecule has 0 aliphatic carbocycles. The molecule has 0 saturated carbocycles. The van der Waals surface area contributed by atoms with Crippen molar-refractivity contribution in [1.29, 1.82) is 0 Å². The van der Waals surface area contributed by atoms with E-state index in [-0.39, 0.29) is 0 Å². The van der Waals surface area contributed by atoms with Crippen LogP contribution in [-0.2, 0) is 0 Å². The van der Waals surface area contributed by atoms with Crippen molar-refractivity contribution in [1.82, 2.24) is 9.97 Å². The van der Waals surface area contributed by atoms with Crippen LogP contribution in [0.5, 0.6) is 0 Å². The average Bonchev–Trinajstić information content (AvgIpc) is 2.28. The van der Waals surface area contributed by atoms with Crippen LogP contribution in [-0.4, -0.2) is 9.97 Å².